The van der Waals surface area contributed by atoms with Crippen LogP contribution in [0.4, 0.5) is 0 Å². The van der Waals surface area contributed by atoms with Crippen molar-refractivity contribution in [1.82, 2.24) is 0 Å². The lowest BCUT2D eigenvalue weighted by Crippen LogP contribution is -2.09. The number of hydrogen-bond donors (Lipinski definition) is 0. The molecule has 0 spiro atoms. The Hall–Kier alpha value is -1.80. The molecule has 0 atom stereocenters. The van der Waals surface area contributed by atoms with E-state index in [4.69, 9.17) is 18.9 Å². The van der Waals surface area contributed by atoms with Crippen molar-refractivity contribution in [2.75, 3.05) is 20.5 Å². The fourth-order valence-corrected chi connectivity index (χ4v) is 3.03. The van der Waals surface area contributed by atoms with E-state index in [2.05, 4.69) is 29.5 Å². The van der Waals surface area contributed by atoms with Gasteiger partial charge < -0.3 is 18.9 Å². The highest BCUT2D eigenvalue weighted by Gasteiger charge is 2.12. The Labute approximate surface area is 174 Å². The van der Waals surface area contributed by atoms with Crippen LogP contribution in [0.25, 0.3) is 0 Å². The SMILES string of the molecule is CCCCCCOc1ccc(OC(=O)c2ccc(OCOC)c(I)c2)cc1. The number of rotatable bonds is 11. The Morgan fingerprint density at radius 1 is 0.963 bits per heavy atom. The number of hydrogen-bond acceptors (Lipinski definition) is 5. The van der Waals surface area contributed by atoms with Crippen LogP contribution >= 0.6 is 22.6 Å². The van der Waals surface area contributed by atoms with Crippen LogP contribution in [0.1, 0.15) is 43.0 Å². The van der Waals surface area contributed by atoms with E-state index >= 15 is 0 Å². The zero-order valence-electron chi connectivity index (χ0n) is 15.7. The van der Waals surface area contributed by atoms with E-state index in [9.17, 15) is 4.79 Å². The lowest BCUT2D eigenvalue weighted by atomic mass is 10.2. The van der Waals surface area contributed by atoms with Gasteiger partial charge in [0.05, 0.1) is 15.7 Å². The van der Waals surface area contributed by atoms with Gasteiger partial charge in [-0.25, -0.2) is 4.79 Å². The molecule has 0 radical (unpaired) electrons. The summed E-state index contributed by atoms with van der Waals surface area (Å²) in [5, 5.41) is 0. The van der Waals surface area contributed by atoms with Crippen molar-refractivity contribution < 1.29 is 23.7 Å². The van der Waals surface area contributed by atoms with Gasteiger partial charge in [-0.15, -0.1) is 0 Å². The summed E-state index contributed by atoms with van der Waals surface area (Å²) in [7, 11) is 1.56. The average molecular weight is 484 g/mol. The second-order valence-electron chi connectivity index (χ2n) is 5.97. The van der Waals surface area contributed by atoms with Crippen LogP contribution in [0.15, 0.2) is 42.5 Å². The highest BCUT2D eigenvalue weighted by molar-refractivity contribution is 14.1. The Bertz CT molecular complexity index is 715. The summed E-state index contributed by atoms with van der Waals surface area (Å²) < 4.78 is 22.2. The fourth-order valence-electron chi connectivity index (χ4n) is 2.36. The first-order valence-corrected chi connectivity index (χ1v) is 10.1. The predicted molar refractivity (Wildman–Crippen MR) is 113 cm³/mol. The van der Waals surface area contributed by atoms with Crippen molar-refractivity contribution in [2.24, 2.45) is 0 Å². The second-order valence-corrected chi connectivity index (χ2v) is 7.13. The van der Waals surface area contributed by atoms with Crippen LogP contribution in [-0.2, 0) is 4.74 Å². The molecular formula is C21H25IO5. The smallest absolute Gasteiger partial charge is 0.343 e. The van der Waals surface area contributed by atoms with Crippen molar-refractivity contribution in [1.29, 1.82) is 0 Å². The Morgan fingerprint density at radius 2 is 1.70 bits per heavy atom. The minimum atomic E-state index is -0.417. The van der Waals surface area contributed by atoms with Gasteiger partial charge in [0.25, 0.3) is 0 Å². The molecule has 0 fully saturated rings. The second kappa shape index (κ2) is 11.8. The number of methoxy groups -OCH3 is 1. The summed E-state index contributed by atoms with van der Waals surface area (Å²) in [6, 6.07) is 12.2. The molecule has 5 nitrogen and oxygen atoms in total. The molecule has 0 aliphatic rings. The van der Waals surface area contributed by atoms with Gasteiger partial charge >= 0.3 is 5.97 Å². The van der Waals surface area contributed by atoms with Crippen molar-refractivity contribution in [2.45, 2.75) is 32.6 Å². The summed E-state index contributed by atoms with van der Waals surface area (Å²) >= 11 is 2.11. The van der Waals surface area contributed by atoms with Gasteiger partial charge in [-0.05, 0) is 71.5 Å². The maximum Gasteiger partial charge on any atom is 0.343 e. The molecule has 0 heterocycles. The van der Waals surface area contributed by atoms with Crippen LogP contribution in [0.3, 0.4) is 0 Å². The molecule has 0 aromatic heterocycles. The van der Waals surface area contributed by atoms with Crippen molar-refractivity contribution in [3.8, 4) is 17.2 Å². The molecule has 0 saturated heterocycles. The first-order chi connectivity index (χ1) is 13.1. The molecule has 2 rings (SSSR count). The summed E-state index contributed by atoms with van der Waals surface area (Å²) in [6.07, 6.45) is 4.67. The first-order valence-electron chi connectivity index (χ1n) is 9.00. The Morgan fingerprint density at radius 3 is 2.37 bits per heavy atom. The number of unbranched alkanes of at least 4 members (excludes halogenated alkanes) is 3. The summed E-state index contributed by atoms with van der Waals surface area (Å²) in [5.74, 6) is 1.50. The third-order valence-electron chi connectivity index (χ3n) is 3.80. The Balaban J connectivity index is 1.87. The number of benzene rings is 2. The molecule has 6 heteroatoms. The molecule has 0 amide bonds. The topological polar surface area (TPSA) is 54.0 Å². The maximum atomic E-state index is 12.3. The van der Waals surface area contributed by atoms with Gasteiger partial charge in [-0.3, -0.25) is 0 Å². The van der Waals surface area contributed by atoms with Crippen LogP contribution in [0.2, 0.25) is 0 Å². The van der Waals surface area contributed by atoms with E-state index in [-0.39, 0.29) is 6.79 Å². The normalized spacial score (nSPS) is 10.5. The number of ether oxygens (including phenoxy) is 4. The third kappa shape index (κ3) is 7.38. The van der Waals surface area contributed by atoms with Crippen molar-refractivity contribution in [3.63, 3.8) is 0 Å². The van der Waals surface area contributed by atoms with Crippen molar-refractivity contribution in [3.05, 3.63) is 51.6 Å². The van der Waals surface area contributed by atoms with E-state index in [0.717, 1.165) is 15.7 Å². The fraction of sp³-hybridized carbons (Fsp3) is 0.381. The highest BCUT2D eigenvalue weighted by Crippen LogP contribution is 2.24. The average Bonchev–Trinajstić information content (AvgIpc) is 2.68. The molecule has 0 aliphatic carbocycles. The van der Waals surface area contributed by atoms with Crippen molar-refractivity contribution >= 4 is 28.6 Å². The molecular weight excluding hydrogens is 459 g/mol. The summed E-state index contributed by atoms with van der Waals surface area (Å²) in [5.41, 5.74) is 0.459. The molecule has 2 aromatic carbocycles. The van der Waals surface area contributed by atoms with E-state index in [1.54, 1.807) is 37.4 Å². The standard InChI is InChI=1S/C21H25IO5/c1-3-4-5-6-13-25-17-8-10-18(11-9-17)27-21(23)16-7-12-20(19(22)14-16)26-15-24-2/h7-12,14H,3-6,13,15H2,1-2H3. The zero-order valence-corrected chi connectivity index (χ0v) is 17.9. The van der Waals surface area contributed by atoms with Gasteiger partial charge in [0.15, 0.2) is 6.79 Å². The van der Waals surface area contributed by atoms with E-state index < -0.39 is 5.97 Å². The zero-order chi connectivity index (χ0) is 19.5. The minimum absolute atomic E-state index is 0.160. The first kappa shape index (κ1) is 21.5. The van der Waals surface area contributed by atoms with E-state index in [1.807, 2.05) is 12.1 Å². The van der Waals surface area contributed by atoms with Crippen LogP contribution in [0, 0.1) is 3.57 Å². The maximum absolute atomic E-state index is 12.3. The lowest BCUT2D eigenvalue weighted by Gasteiger charge is -2.10. The molecule has 27 heavy (non-hydrogen) atoms. The van der Waals surface area contributed by atoms with Gasteiger partial charge in [-0.2, -0.15) is 0 Å². The number of carbonyl (C=O) groups is 1. The quantitative estimate of drug-likeness (QED) is 0.140. The highest BCUT2D eigenvalue weighted by atomic mass is 127. The lowest BCUT2D eigenvalue weighted by molar-refractivity contribution is 0.0505. The van der Waals surface area contributed by atoms with Gasteiger partial charge in [0.2, 0.25) is 0 Å². The van der Waals surface area contributed by atoms with Crippen LogP contribution in [-0.4, -0.2) is 26.5 Å². The summed E-state index contributed by atoms with van der Waals surface area (Å²) in [6.45, 7) is 3.05. The molecule has 146 valence electrons. The molecule has 0 saturated carbocycles. The Kier molecular flexibility index (Phi) is 9.41. The number of halogens is 1. The molecule has 0 bridgehead atoms. The minimum Gasteiger partial charge on any atom is -0.494 e. The molecule has 0 N–H and O–H groups in total. The monoisotopic (exact) mass is 484 g/mol. The van der Waals surface area contributed by atoms with Crippen LogP contribution in [0.5, 0.6) is 17.2 Å². The third-order valence-corrected chi connectivity index (χ3v) is 4.64. The van der Waals surface area contributed by atoms with Crippen LogP contribution < -0.4 is 14.2 Å². The van der Waals surface area contributed by atoms with Gasteiger partial charge in [-0.1, -0.05) is 26.2 Å². The van der Waals surface area contributed by atoms with E-state index in [1.165, 1.54) is 19.3 Å². The number of esters is 1. The molecule has 0 unspecified atom stereocenters. The van der Waals surface area contributed by atoms with E-state index in [0.29, 0.717) is 23.7 Å². The molecule has 2 aromatic rings. The summed E-state index contributed by atoms with van der Waals surface area (Å²) in [4.78, 5) is 12.3. The predicted octanol–water partition coefficient (Wildman–Crippen LogP) is 5.45. The van der Waals surface area contributed by atoms with Gasteiger partial charge in [0.1, 0.15) is 17.2 Å². The van der Waals surface area contributed by atoms with Gasteiger partial charge in [0, 0.05) is 7.11 Å². The molecule has 0 aliphatic heterocycles. The largest absolute Gasteiger partial charge is 0.494 e. The number of carbonyl (C=O) groups excluding carboxylic acids is 1.